The molecule has 1 aromatic heterocycles. The summed E-state index contributed by atoms with van der Waals surface area (Å²) in [7, 11) is 1.54. The molecular weight excluding hydrogens is 544 g/mol. The van der Waals surface area contributed by atoms with Crippen LogP contribution < -0.4 is 5.32 Å². The number of fused-ring (bicyclic) bond motifs is 1. The van der Waals surface area contributed by atoms with Gasteiger partial charge in [-0.05, 0) is 71.3 Å². The number of ketones is 1. The van der Waals surface area contributed by atoms with Crippen molar-refractivity contribution in [2.24, 2.45) is 7.05 Å². The number of nitrogens with one attached hydrogen (secondary N) is 1. The number of nitriles is 1. The molecule has 2 aliphatic rings. The molecule has 1 fully saturated rings. The highest BCUT2D eigenvalue weighted by atomic mass is 32.2. The minimum atomic E-state index is -3.67. The van der Waals surface area contributed by atoms with E-state index in [4.69, 9.17) is 5.26 Å². The van der Waals surface area contributed by atoms with Gasteiger partial charge in [-0.1, -0.05) is 12.1 Å². The number of aryl methyl sites for hydroxylation is 1. The predicted molar refractivity (Wildman–Crippen MR) is 153 cm³/mol. The summed E-state index contributed by atoms with van der Waals surface area (Å²) in [6, 6.07) is 8.93. The van der Waals surface area contributed by atoms with Crippen molar-refractivity contribution in [2.75, 3.05) is 33.7 Å². The number of likely N-dealkylation sites (N-methyl/N-ethyl adjacent to an activating group) is 1. The Morgan fingerprint density at radius 3 is 2.44 bits per heavy atom. The highest BCUT2D eigenvalue weighted by Gasteiger charge is 2.60. The first-order valence-electron chi connectivity index (χ1n) is 13.7. The Bertz CT molecular complexity index is 1500. The molecule has 11 nitrogen and oxygen atoms in total. The summed E-state index contributed by atoms with van der Waals surface area (Å²) in [5.41, 5.74) is 2.38. The van der Waals surface area contributed by atoms with Crippen LogP contribution in [0, 0.1) is 11.3 Å². The van der Waals surface area contributed by atoms with Crippen molar-refractivity contribution in [2.45, 2.75) is 62.0 Å². The lowest BCUT2D eigenvalue weighted by Gasteiger charge is -2.35. The highest BCUT2D eigenvalue weighted by Crippen LogP contribution is 2.50. The molecule has 0 radical (unpaired) electrons. The molecule has 2 aromatic rings. The number of amides is 2. The van der Waals surface area contributed by atoms with E-state index in [-0.39, 0.29) is 56.4 Å². The van der Waals surface area contributed by atoms with Crippen LogP contribution in [0.25, 0.3) is 0 Å². The summed E-state index contributed by atoms with van der Waals surface area (Å²) in [6.45, 7) is 4.22. The Labute approximate surface area is 241 Å². The van der Waals surface area contributed by atoms with Gasteiger partial charge in [0, 0.05) is 38.7 Å². The molecule has 0 atom stereocenters. The third kappa shape index (κ3) is 6.06. The van der Waals surface area contributed by atoms with Crippen molar-refractivity contribution in [1.29, 1.82) is 5.26 Å². The highest BCUT2D eigenvalue weighted by molar-refractivity contribution is 7.94. The van der Waals surface area contributed by atoms with Crippen LogP contribution >= 0.6 is 0 Å². The first-order chi connectivity index (χ1) is 19.2. The Balaban J connectivity index is 1.44. The van der Waals surface area contributed by atoms with Crippen LogP contribution in [0.5, 0.6) is 0 Å². The lowest BCUT2D eigenvalue weighted by Crippen LogP contribution is -2.50. The third-order valence-corrected chi connectivity index (χ3v) is 11.4. The molecule has 1 aliphatic heterocycles. The van der Waals surface area contributed by atoms with E-state index in [2.05, 4.69) is 16.5 Å². The van der Waals surface area contributed by atoms with Gasteiger partial charge in [0.1, 0.15) is 11.5 Å². The van der Waals surface area contributed by atoms with E-state index in [0.717, 1.165) is 5.56 Å². The fourth-order valence-corrected chi connectivity index (χ4v) is 7.97. The van der Waals surface area contributed by atoms with E-state index < -0.39 is 25.2 Å². The van der Waals surface area contributed by atoms with Gasteiger partial charge in [0.2, 0.25) is 0 Å². The minimum Gasteiger partial charge on any atom is -0.347 e. The maximum atomic E-state index is 13.8. The van der Waals surface area contributed by atoms with Gasteiger partial charge >= 0.3 is 0 Å². The van der Waals surface area contributed by atoms with Crippen LogP contribution in [-0.4, -0.2) is 88.8 Å². The molecule has 0 bridgehead atoms. The van der Waals surface area contributed by atoms with Gasteiger partial charge in [-0.25, -0.2) is 8.42 Å². The molecule has 220 valence electrons. The SMILES string of the molecule is CN(C)CC(=O)CCC(C)(C)S(=O)(=O)C1(CN2CCc3c(C(=O)NCc4ccc(C#N)cc4)nn(C)c3C2=O)CC1. The summed E-state index contributed by atoms with van der Waals surface area (Å²) in [4.78, 5) is 42.2. The molecule has 1 saturated carbocycles. The molecule has 1 N–H and O–H groups in total. The second-order valence-corrected chi connectivity index (χ2v) is 15.0. The van der Waals surface area contributed by atoms with E-state index in [1.54, 1.807) is 69.1 Å². The fraction of sp³-hybridized carbons (Fsp3) is 0.552. The molecule has 1 aromatic carbocycles. The van der Waals surface area contributed by atoms with E-state index in [1.807, 2.05) is 0 Å². The minimum absolute atomic E-state index is 0.00480. The third-order valence-electron chi connectivity index (χ3n) is 8.10. The Morgan fingerprint density at radius 2 is 1.85 bits per heavy atom. The zero-order chi connectivity index (χ0) is 30.2. The number of hydrogen-bond donors (Lipinski definition) is 1. The van der Waals surface area contributed by atoms with Crippen molar-refractivity contribution < 1.29 is 22.8 Å². The van der Waals surface area contributed by atoms with Gasteiger partial charge in [-0.2, -0.15) is 10.4 Å². The van der Waals surface area contributed by atoms with Gasteiger partial charge in [-0.3, -0.25) is 19.1 Å². The number of nitrogens with zero attached hydrogens (tertiary/aromatic N) is 5. The van der Waals surface area contributed by atoms with Crippen LogP contribution in [0.2, 0.25) is 0 Å². The standard InChI is InChI=1S/C29H38N6O5S/c1-28(2,12-10-22(36)18-33(3)4)41(39,40)29(13-14-29)19-35-15-11-23-24(32-34(5)25(23)27(35)38)26(37)31-17-21-8-6-20(16-30)7-9-21/h6-9H,10-15,17-19H2,1-5H3,(H,31,37). The van der Waals surface area contributed by atoms with Crippen molar-refractivity contribution >= 4 is 27.4 Å². The molecule has 0 spiro atoms. The molecule has 41 heavy (non-hydrogen) atoms. The summed E-state index contributed by atoms with van der Waals surface area (Å²) in [6.07, 6.45) is 1.72. The quantitative estimate of drug-likeness (QED) is 0.399. The monoisotopic (exact) mass is 582 g/mol. The number of rotatable bonds is 12. The van der Waals surface area contributed by atoms with Gasteiger partial charge in [0.25, 0.3) is 11.8 Å². The normalized spacial score (nSPS) is 16.3. The number of carbonyl (C=O) groups is 3. The van der Waals surface area contributed by atoms with E-state index in [1.165, 1.54) is 4.68 Å². The first kappa shape index (κ1) is 30.4. The van der Waals surface area contributed by atoms with Crippen LogP contribution in [0.3, 0.4) is 0 Å². The van der Waals surface area contributed by atoms with E-state index in [0.29, 0.717) is 36.1 Å². The zero-order valence-electron chi connectivity index (χ0n) is 24.4. The molecular formula is C29H38N6O5S. The number of sulfone groups is 1. The predicted octanol–water partition coefficient (Wildman–Crippen LogP) is 1.86. The van der Waals surface area contributed by atoms with E-state index >= 15 is 0 Å². The molecule has 1 aliphatic carbocycles. The Kier molecular flexibility index (Phi) is 8.43. The van der Waals surface area contributed by atoms with Crippen molar-refractivity contribution in [3.05, 3.63) is 52.3 Å². The first-order valence-corrected chi connectivity index (χ1v) is 15.2. The lowest BCUT2D eigenvalue weighted by molar-refractivity contribution is -0.119. The summed E-state index contributed by atoms with van der Waals surface area (Å²) in [5.74, 6) is -0.748. The second kappa shape index (κ2) is 11.4. The van der Waals surface area contributed by atoms with Crippen LogP contribution in [-0.2, 0) is 34.6 Å². The molecule has 12 heteroatoms. The van der Waals surface area contributed by atoms with Gasteiger partial charge in [0.15, 0.2) is 15.5 Å². The van der Waals surface area contributed by atoms with Crippen molar-refractivity contribution in [3.8, 4) is 6.07 Å². The van der Waals surface area contributed by atoms with Crippen molar-refractivity contribution in [1.82, 2.24) is 24.9 Å². The van der Waals surface area contributed by atoms with Crippen LogP contribution in [0.1, 0.15) is 77.2 Å². The average molecular weight is 583 g/mol. The zero-order valence-corrected chi connectivity index (χ0v) is 25.2. The molecule has 0 unspecified atom stereocenters. The molecule has 2 heterocycles. The number of aromatic nitrogens is 2. The fourth-order valence-electron chi connectivity index (χ4n) is 5.46. The topological polar surface area (TPSA) is 145 Å². The molecule has 2 amide bonds. The average Bonchev–Trinajstić information content (AvgIpc) is 3.63. The van der Waals surface area contributed by atoms with Crippen LogP contribution in [0.4, 0.5) is 0 Å². The second-order valence-electron chi connectivity index (χ2n) is 12.0. The maximum Gasteiger partial charge on any atom is 0.272 e. The van der Waals surface area contributed by atoms with Gasteiger partial charge in [-0.15, -0.1) is 0 Å². The summed E-state index contributed by atoms with van der Waals surface area (Å²) in [5, 5.41) is 16.1. The summed E-state index contributed by atoms with van der Waals surface area (Å²) < 4.78 is 26.9. The maximum absolute atomic E-state index is 13.8. The number of benzene rings is 1. The lowest BCUT2D eigenvalue weighted by atomic mass is 10.0. The smallest absolute Gasteiger partial charge is 0.272 e. The van der Waals surface area contributed by atoms with E-state index in [9.17, 15) is 22.8 Å². The number of hydrogen-bond acceptors (Lipinski definition) is 8. The molecule has 4 rings (SSSR count). The summed E-state index contributed by atoms with van der Waals surface area (Å²) >= 11 is 0. The number of Topliss-reactive ketones (excluding diaryl/α,β-unsaturated/α-hetero) is 1. The largest absolute Gasteiger partial charge is 0.347 e. The Morgan fingerprint density at radius 1 is 1.20 bits per heavy atom. The van der Waals surface area contributed by atoms with Crippen LogP contribution in [0.15, 0.2) is 24.3 Å². The Hall–Kier alpha value is -3.56. The van der Waals surface area contributed by atoms with Gasteiger partial charge < -0.3 is 15.1 Å². The molecule has 0 saturated heterocycles. The number of carbonyl (C=O) groups excluding carboxylic acids is 3. The van der Waals surface area contributed by atoms with Gasteiger partial charge in [0.05, 0.1) is 27.7 Å². The van der Waals surface area contributed by atoms with Crippen molar-refractivity contribution in [3.63, 3.8) is 0 Å².